The van der Waals surface area contributed by atoms with E-state index in [4.69, 9.17) is 0 Å². The maximum Gasteiger partial charge on any atom is 0.257 e. The van der Waals surface area contributed by atoms with Gasteiger partial charge in [-0.2, -0.15) is 0 Å². The number of aromatic nitrogens is 1. The number of phenolic OH excluding ortho intramolecular Hbond substituents is 1. The summed E-state index contributed by atoms with van der Waals surface area (Å²) in [7, 11) is 0. The summed E-state index contributed by atoms with van der Waals surface area (Å²) in [5.74, 6) is -0.133. The number of hydrogen-bond donors (Lipinski definition) is 2. The van der Waals surface area contributed by atoms with Crippen LogP contribution < -0.4 is 5.32 Å². The number of carbonyl (C=O) groups is 1. The van der Waals surface area contributed by atoms with Gasteiger partial charge in [0.2, 0.25) is 0 Å². The molecule has 0 unspecified atom stereocenters. The zero-order valence-electron chi connectivity index (χ0n) is 10.4. The van der Waals surface area contributed by atoms with Crippen molar-refractivity contribution in [2.75, 3.05) is 5.32 Å². The second-order valence-corrected chi connectivity index (χ2v) is 5.27. The number of rotatable bonds is 2. The average molecular weight is 262 g/mol. The van der Waals surface area contributed by atoms with E-state index in [2.05, 4.69) is 10.3 Å². The molecule has 0 saturated heterocycles. The highest BCUT2D eigenvalue weighted by Gasteiger charge is 2.13. The number of phenols is 1. The molecule has 5 heteroatoms. The van der Waals surface area contributed by atoms with E-state index < -0.39 is 0 Å². The number of benzene rings is 1. The predicted molar refractivity (Wildman–Crippen MR) is 72.4 cm³/mol. The van der Waals surface area contributed by atoms with Gasteiger partial charge in [-0.1, -0.05) is 6.07 Å². The van der Waals surface area contributed by atoms with Gasteiger partial charge in [-0.25, -0.2) is 4.98 Å². The summed E-state index contributed by atoms with van der Waals surface area (Å²) in [4.78, 5) is 17.4. The molecule has 2 aromatic rings. The molecule has 0 aliphatic heterocycles. The van der Waals surface area contributed by atoms with E-state index in [0.29, 0.717) is 16.3 Å². The van der Waals surface area contributed by atoms with Gasteiger partial charge in [0.1, 0.15) is 5.75 Å². The molecule has 94 valence electrons. The molecule has 0 spiro atoms. The standard InChI is InChI=1S/C13H14N2O2S/c1-7-10(5-4-6-11(7)16)12(17)15-13-14-8(2)9(3)18-13/h4-6,16H,1-3H3,(H,14,15,17). The van der Waals surface area contributed by atoms with Crippen LogP contribution in [0.5, 0.6) is 5.75 Å². The zero-order chi connectivity index (χ0) is 13.3. The molecule has 0 bridgehead atoms. The molecular formula is C13H14N2O2S. The summed E-state index contributed by atoms with van der Waals surface area (Å²) in [6.07, 6.45) is 0. The maximum atomic E-state index is 12.1. The van der Waals surface area contributed by atoms with Gasteiger partial charge in [-0.15, -0.1) is 11.3 Å². The molecule has 2 N–H and O–H groups in total. The van der Waals surface area contributed by atoms with E-state index in [1.165, 1.54) is 11.3 Å². The van der Waals surface area contributed by atoms with Gasteiger partial charge in [0.05, 0.1) is 5.69 Å². The van der Waals surface area contributed by atoms with Gasteiger partial charge in [-0.3, -0.25) is 10.1 Å². The van der Waals surface area contributed by atoms with Crippen LogP contribution in [0.2, 0.25) is 0 Å². The van der Waals surface area contributed by atoms with Crippen molar-refractivity contribution in [3.63, 3.8) is 0 Å². The Morgan fingerprint density at radius 3 is 2.67 bits per heavy atom. The van der Waals surface area contributed by atoms with E-state index in [-0.39, 0.29) is 11.7 Å². The second-order valence-electron chi connectivity index (χ2n) is 4.06. The number of aromatic hydroxyl groups is 1. The third-order valence-electron chi connectivity index (χ3n) is 2.80. The summed E-state index contributed by atoms with van der Waals surface area (Å²) in [6, 6.07) is 4.89. The quantitative estimate of drug-likeness (QED) is 0.874. The van der Waals surface area contributed by atoms with Crippen LogP contribution in [0.15, 0.2) is 18.2 Å². The van der Waals surface area contributed by atoms with Gasteiger partial charge in [-0.05, 0) is 32.9 Å². The molecule has 1 aromatic heterocycles. The topological polar surface area (TPSA) is 62.2 Å². The van der Waals surface area contributed by atoms with Crippen molar-refractivity contribution in [3.8, 4) is 5.75 Å². The third-order valence-corrected chi connectivity index (χ3v) is 3.79. The molecule has 0 aliphatic rings. The van der Waals surface area contributed by atoms with Crippen LogP contribution >= 0.6 is 11.3 Å². The Morgan fingerprint density at radius 1 is 1.33 bits per heavy atom. The molecule has 0 radical (unpaired) electrons. The van der Waals surface area contributed by atoms with Crippen LogP contribution in [-0.2, 0) is 0 Å². The van der Waals surface area contributed by atoms with Crippen LogP contribution in [0.25, 0.3) is 0 Å². The van der Waals surface area contributed by atoms with Crippen molar-refractivity contribution in [3.05, 3.63) is 39.9 Å². The Hall–Kier alpha value is -1.88. The van der Waals surface area contributed by atoms with Gasteiger partial charge >= 0.3 is 0 Å². The smallest absolute Gasteiger partial charge is 0.257 e. The fourth-order valence-electron chi connectivity index (χ4n) is 1.56. The van der Waals surface area contributed by atoms with Gasteiger partial charge < -0.3 is 5.11 Å². The van der Waals surface area contributed by atoms with E-state index in [0.717, 1.165) is 10.6 Å². The number of thiazole rings is 1. The first-order valence-corrected chi connectivity index (χ1v) is 6.34. The number of nitrogens with one attached hydrogen (secondary N) is 1. The fourth-order valence-corrected chi connectivity index (χ4v) is 2.37. The minimum atomic E-state index is -0.253. The highest BCUT2D eigenvalue weighted by atomic mass is 32.1. The normalized spacial score (nSPS) is 10.4. The van der Waals surface area contributed by atoms with E-state index in [1.54, 1.807) is 25.1 Å². The first-order valence-electron chi connectivity index (χ1n) is 5.53. The van der Waals surface area contributed by atoms with Crippen LogP contribution in [0, 0.1) is 20.8 Å². The summed E-state index contributed by atoms with van der Waals surface area (Å²) < 4.78 is 0. The minimum absolute atomic E-state index is 0.120. The summed E-state index contributed by atoms with van der Waals surface area (Å²) in [5, 5.41) is 12.9. The molecular weight excluding hydrogens is 248 g/mol. The Labute approximate surface area is 109 Å². The largest absolute Gasteiger partial charge is 0.508 e. The number of amides is 1. The van der Waals surface area contributed by atoms with Crippen molar-refractivity contribution in [2.45, 2.75) is 20.8 Å². The third kappa shape index (κ3) is 2.36. The summed E-state index contributed by atoms with van der Waals surface area (Å²) in [5.41, 5.74) is 1.95. The van der Waals surface area contributed by atoms with Crippen molar-refractivity contribution in [1.82, 2.24) is 4.98 Å². The Kier molecular flexibility index (Phi) is 3.34. The number of carbonyl (C=O) groups excluding carboxylic acids is 1. The maximum absolute atomic E-state index is 12.1. The Morgan fingerprint density at radius 2 is 2.06 bits per heavy atom. The van der Waals surface area contributed by atoms with Crippen molar-refractivity contribution in [1.29, 1.82) is 0 Å². The van der Waals surface area contributed by atoms with E-state index >= 15 is 0 Å². The van der Waals surface area contributed by atoms with Gasteiger partial charge in [0, 0.05) is 16.0 Å². The van der Waals surface area contributed by atoms with Gasteiger partial charge in [0.25, 0.3) is 5.91 Å². The first-order chi connectivity index (χ1) is 8.49. The Balaban J connectivity index is 2.24. The van der Waals surface area contributed by atoms with Crippen molar-refractivity contribution < 1.29 is 9.90 Å². The van der Waals surface area contributed by atoms with Crippen molar-refractivity contribution in [2.24, 2.45) is 0 Å². The molecule has 0 fully saturated rings. The lowest BCUT2D eigenvalue weighted by atomic mass is 10.1. The average Bonchev–Trinajstić information content (AvgIpc) is 2.61. The van der Waals surface area contributed by atoms with Gasteiger partial charge in [0.15, 0.2) is 5.13 Å². The monoisotopic (exact) mass is 262 g/mol. The highest BCUT2D eigenvalue weighted by Crippen LogP contribution is 2.24. The molecule has 1 amide bonds. The molecule has 0 atom stereocenters. The number of hydrogen-bond acceptors (Lipinski definition) is 4. The number of anilines is 1. The highest BCUT2D eigenvalue weighted by molar-refractivity contribution is 7.15. The lowest BCUT2D eigenvalue weighted by Gasteiger charge is -2.06. The van der Waals surface area contributed by atoms with E-state index in [1.807, 2.05) is 13.8 Å². The van der Waals surface area contributed by atoms with Crippen LogP contribution in [0.3, 0.4) is 0 Å². The molecule has 4 nitrogen and oxygen atoms in total. The molecule has 2 rings (SSSR count). The predicted octanol–water partition coefficient (Wildman–Crippen LogP) is 3.03. The molecule has 0 aliphatic carbocycles. The zero-order valence-corrected chi connectivity index (χ0v) is 11.3. The van der Waals surface area contributed by atoms with E-state index in [9.17, 15) is 9.90 Å². The van der Waals surface area contributed by atoms with Crippen LogP contribution in [0.4, 0.5) is 5.13 Å². The molecule has 1 aromatic carbocycles. The van der Waals surface area contributed by atoms with Crippen LogP contribution in [-0.4, -0.2) is 16.0 Å². The number of nitrogens with zero attached hydrogens (tertiary/aromatic N) is 1. The molecule has 18 heavy (non-hydrogen) atoms. The Bertz CT molecular complexity index is 586. The SMILES string of the molecule is Cc1nc(NC(=O)c2cccc(O)c2C)sc1C. The summed E-state index contributed by atoms with van der Waals surface area (Å²) in [6.45, 7) is 5.58. The summed E-state index contributed by atoms with van der Waals surface area (Å²) >= 11 is 1.44. The lowest BCUT2D eigenvalue weighted by Crippen LogP contribution is -2.13. The number of aryl methyl sites for hydroxylation is 2. The first kappa shape index (κ1) is 12.6. The molecule has 0 saturated carbocycles. The minimum Gasteiger partial charge on any atom is -0.508 e. The lowest BCUT2D eigenvalue weighted by molar-refractivity contribution is 0.102. The van der Waals surface area contributed by atoms with Crippen molar-refractivity contribution >= 4 is 22.4 Å². The second kappa shape index (κ2) is 4.78. The fraction of sp³-hybridized carbons (Fsp3) is 0.231. The molecule has 1 heterocycles. The van der Waals surface area contributed by atoms with Crippen LogP contribution in [0.1, 0.15) is 26.5 Å².